The molecular weight excluding hydrogens is 224 g/mol. The van der Waals surface area contributed by atoms with Gasteiger partial charge in [-0.25, -0.2) is 0 Å². The summed E-state index contributed by atoms with van der Waals surface area (Å²) in [5, 5.41) is 9.92. The zero-order chi connectivity index (χ0) is 13.1. The molecule has 1 unspecified atom stereocenters. The maximum atomic E-state index is 9.92. The first-order valence-electron chi connectivity index (χ1n) is 5.96. The zero-order valence-corrected chi connectivity index (χ0v) is 11.0. The van der Waals surface area contributed by atoms with Crippen molar-refractivity contribution in [2.24, 2.45) is 0 Å². The van der Waals surface area contributed by atoms with Gasteiger partial charge in [0.1, 0.15) is 6.23 Å². The van der Waals surface area contributed by atoms with E-state index in [1.165, 1.54) is 0 Å². The fourth-order valence-electron chi connectivity index (χ4n) is 1.90. The van der Waals surface area contributed by atoms with Crippen molar-refractivity contribution >= 4 is 0 Å². The second-order valence-corrected chi connectivity index (χ2v) is 4.63. The maximum absolute atomic E-state index is 9.92. The van der Waals surface area contributed by atoms with Crippen molar-refractivity contribution in [2.45, 2.75) is 13.2 Å². The Morgan fingerprint density at radius 2 is 1.78 bits per heavy atom. The van der Waals surface area contributed by atoms with Crippen LogP contribution in [0.1, 0.15) is 17.4 Å². The monoisotopic (exact) mass is 242 g/mol. The van der Waals surface area contributed by atoms with E-state index >= 15 is 0 Å². The van der Waals surface area contributed by atoms with Crippen molar-refractivity contribution in [3.63, 3.8) is 0 Å². The first kappa shape index (κ1) is 12.7. The van der Waals surface area contributed by atoms with Crippen molar-refractivity contribution in [3.8, 4) is 11.3 Å². The molecule has 0 spiro atoms. The fourth-order valence-corrected chi connectivity index (χ4v) is 1.90. The minimum atomic E-state index is -0.566. The van der Waals surface area contributed by atoms with Gasteiger partial charge in [-0.1, -0.05) is 30.3 Å². The lowest BCUT2D eigenvalue weighted by atomic mass is 10.0. The summed E-state index contributed by atoms with van der Waals surface area (Å²) in [7, 11) is 3.70. The molecule has 1 atom stereocenters. The van der Waals surface area contributed by atoms with Gasteiger partial charge in [0.05, 0.1) is 5.69 Å². The molecule has 2 rings (SSSR count). The summed E-state index contributed by atoms with van der Waals surface area (Å²) < 4.78 is 0. The van der Waals surface area contributed by atoms with E-state index in [2.05, 4.69) is 4.98 Å². The first-order valence-corrected chi connectivity index (χ1v) is 5.96. The predicted octanol–water partition coefficient (Wildman–Crippen LogP) is 2.61. The quantitative estimate of drug-likeness (QED) is 0.840. The normalized spacial score (nSPS) is 12.7. The summed E-state index contributed by atoms with van der Waals surface area (Å²) >= 11 is 0. The van der Waals surface area contributed by atoms with Crippen molar-refractivity contribution in [2.75, 3.05) is 14.1 Å². The largest absolute Gasteiger partial charge is 0.374 e. The molecule has 0 aliphatic rings. The molecule has 94 valence electrons. The number of rotatable bonds is 3. The molecular formula is C15H18N2O. The van der Waals surface area contributed by atoms with E-state index in [0.717, 1.165) is 22.4 Å². The van der Waals surface area contributed by atoms with Gasteiger partial charge in [-0.2, -0.15) is 0 Å². The van der Waals surface area contributed by atoms with Gasteiger partial charge in [0.15, 0.2) is 0 Å². The van der Waals surface area contributed by atoms with Gasteiger partial charge in [0.2, 0.25) is 0 Å². The highest BCUT2D eigenvalue weighted by Gasteiger charge is 2.10. The van der Waals surface area contributed by atoms with Gasteiger partial charge in [-0.05, 0) is 38.2 Å². The van der Waals surface area contributed by atoms with Crippen LogP contribution in [0.15, 0.2) is 42.6 Å². The van der Waals surface area contributed by atoms with Crippen molar-refractivity contribution < 1.29 is 5.11 Å². The van der Waals surface area contributed by atoms with Crippen LogP contribution in [0.4, 0.5) is 0 Å². The number of hydrogen-bond acceptors (Lipinski definition) is 3. The molecule has 0 aliphatic heterocycles. The van der Waals surface area contributed by atoms with Gasteiger partial charge in [0.25, 0.3) is 0 Å². The Balaban J connectivity index is 2.31. The van der Waals surface area contributed by atoms with Crippen LogP contribution < -0.4 is 0 Å². The Morgan fingerprint density at radius 1 is 1.11 bits per heavy atom. The molecule has 1 heterocycles. The summed E-state index contributed by atoms with van der Waals surface area (Å²) in [6, 6.07) is 11.9. The molecule has 1 aromatic heterocycles. The summed E-state index contributed by atoms with van der Waals surface area (Å²) in [4.78, 5) is 6.15. The topological polar surface area (TPSA) is 36.4 Å². The Kier molecular flexibility index (Phi) is 3.75. The van der Waals surface area contributed by atoms with Crippen LogP contribution in [0.3, 0.4) is 0 Å². The summed E-state index contributed by atoms with van der Waals surface area (Å²) in [5.41, 5.74) is 4.10. The molecule has 18 heavy (non-hydrogen) atoms. The van der Waals surface area contributed by atoms with Crippen LogP contribution in [0, 0.1) is 6.92 Å². The number of hydrogen-bond donors (Lipinski definition) is 1. The van der Waals surface area contributed by atoms with Crippen molar-refractivity contribution in [1.29, 1.82) is 0 Å². The van der Waals surface area contributed by atoms with Crippen LogP contribution in [-0.2, 0) is 0 Å². The van der Waals surface area contributed by atoms with Crippen LogP contribution in [0.2, 0.25) is 0 Å². The van der Waals surface area contributed by atoms with Crippen molar-refractivity contribution in [1.82, 2.24) is 9.88 Å². The minimum Gasteiger partial charge on any atom is -0.374 e. The highest BCUT2D eigenvalue weighted by atomic mass is 16.3. The number of aromatic nitrogens is 1. The molecule has 0 amide bonds. The smallest absolute Gasteiger partial charge is 0.133 e. The Labute approximate surface area is 108 Å². The molecule has 0 saturated heterocycles. The molecule has 3 heteroatoms. The Hall–Kier alpha value is -1.71. The van der Waals surface area contributed by atoms with Gasteiger partial charge in [-0.3, -0.25) is 9.88 Å². The highest BCUT2D eigenvalue weighted by Crippen LogP contribution is 2.23. The lowest BCUT2D eigenvalue weighted by Gasteiger charge is -2.18. The molecule has 0 saturated carbocycles. The van der Waals surface area contributed by atoms with E-state index in [-0.39, 0.29) is 0 Å². The Bertz CT molecular complexity index is 520. The third kappa shape index (κ3) is 2.58. The lowest BCUT2D eigenvalue weighted by molar-refractivity contribution is 0.0395. The molecule has 1 aromatic carbocycles. The molecule has 0 fully saturated rings. The lowest BCUT2D eigenvalue weighted by Crippen LogP contribution is -2.18. The fraction of sp³-hybridized carbons (Fsp3) is 0.267. The van der Waals surface area contributed by atoms with Gasteiger partial charge in [0, 0.05) is 11.8 Å². The predicted molar refractivity (Wildman–Crippen MR) is 73.1 cm³/mol. The first-order chi connectivity index (χ1) is 8.59. The average molecular weight is 242 g/mol. The van der Waals surface area contributed by atoms with E-state index in [4.69, 9.17) is 0 Å². The number of aryl methyl sites for hydroxylation is 1. The van der Waals surface area contributed by atoms with E-state index < -0.39 is 6.23 Å². The number of benzene rings is 1. The third-order valence-electron chi connectivity index (χ3n) is 2.98. The highest BCUT2D eigenvalue weighted by molar-refractivity contribution is 5.62. The third-order valence-corrected chi connectivity index (χ3v) is 2.98. The van der Waals surface area contributed by atoms with Crippen LogP contribution in [0.25, 0.3) is 11.3 Å². The maximum Gasteiger partial charge on any atom is 0.133 e. The van der Waals surface area contributed by atoms with Crippen LogP contribution in [-0.4, -0.2) is 29.1 Å². The van der Waals surface area contributed by atoms with E-state index in [1.807, 2.05) is 57.4 Å². The molecule has 0 bridgehead atoms. The summed E-state index contributed by atoms with van der Waals surface area (Å²) in [6.07, 6.45) is 1.23. The molecule has 1 N–H and O–H groups in total. The van der Waals surface area contributed by atoms with Crippen molar-refractivity contribution in [3.05, 3.63) is 53.7 Å². The molecule has 2 aromatic rings. The minimum absolute atomic E-state index is 0.566. The second kappa shape index (κ2) is 5.29. The number of aliphatic hydroxyl groups is 1. The molecule has 0 aliphatic carbocycles. The van der Waals surface area contributed by atoms with Gasteiger partial charge < -0.3 is 5.11 Å². The Morgan fingerprint density at radius 3 is 2.33 bits per heavy atom. The molecule has 3 nitrogen and oxygen atoms in total. The second-order valence-electron chi connectivity index (χ2n) is 4.63. The van der Waals surface area contributed by atoms with Gasteiger partial charge in [-0.15, -0.1) is 0 Å². The molecule has 0 radical (unpaired) electrons. The summed E-state index contributed by atoms with van der Waals surface area (Å²) in [5.74, 6) is 0. The number of nitrogens with zero attached hydrogens (tertiary/aromatic N) is 2. The number of aliphatic hydroxyl groups excluding tert-OH is 1. The van der Waals surface area contributed by atoms with E-state index in [0.29, 0.717) is 0 Å². The van der Waals surface area contributed by atoms with E-state index in [1.54, 1.807) is 11.1 Å². The number of pyridine rings is 1. The van der Waals surface area contributed by atoms with E-state index in [9.17, 15) is 5.11 Å². The summed E-state index contributed by atoms with van der Waals surface area (Å²) in [6.45, 7) is 2.05. The SMILES string of the molecule is Cc1cccnc1-c1ccc(C(O)N(C)C)cc1. The van der Waals surface area contributed by atoms with Gasteiger partial charge >= 0.3 is 0 Å². The zero-order valence-electron chi connectivity index (χ0n) is 11.0. The van der Waals surface area contributed by atoms with Crippen LogP contribution in [0.5, 0.6) is 0 Å². The standard InChI is InChI=1S/C15H18N2O/c1-11-5-4-10-16-14(11)12-6-8-13(9-7-12)15(18)17(2)3/h4-10,15,18H,1-3H3. The van der Waals surface area contributed by atoms with Crippen LogP contribution >= 0.6 is 0 Å². The average Bonchev–Trinajstić information content (AvgIpc) is 2.38.